The molecule has 0 amide bonds. The minimum atomic E-state index is -0.254. The minimum absolute atomic E-state index is 0.105. The molecule has 0 fully saturated rings. The number of carbonyl (C=O) groups is 1. The number of rotatable bonds is 3. The van der Waals surface area contributed by atoms with Gasteiger partial charge in [-0.2, -0.15) is 0 Å². The molecule has 1 aromatic carbocycles. The molecule has 0 saturated carbocycles. The SMILES string of the molecule is C/C=C/C(c1ccccc1)C1C=CC(=O)O1. The van der Waals surface area contributed by atoms with Crippen LogP contribution in [-0.2, 0) is 9.53 Å². The van der Waals surface area contributed by atoms with Crippen LogP contribution < -0.4 is 0 Å². The summed E-state index contributed by atoms with van der Waals surface area (Å²) in [6.07, 6.45) is 7.18. The van der Waals surface area contributed by atoms with Crippen LogP contribution in [0, 0.1) is 0 Å². The molecule has 1 heterocycles. The van der Waals surface area contributed by atoms with Crippen LogP contribution in [0.2, 0.25) is 0 Å². The van der Waals surface area contributed by atoms with Crippen molar-refractivity contribution >= 4 is 5.97 Å². The largest absolute Gasteiger partial charge is 0.454 e. The van der Waals surface area contributed by atoms with Crippen LogP contribution in [0.5, 0.6) is 0 Å². The molecule has 0 radical (unpaired) electrons. The molecular weight excluding hydrogens is 200 g/mol. The molecule has 2 unspecified atom stereocenters. The van der Waals surface area contributed by atoms with E-state index in [1.807, 2.05) is 49.4 Å². The summed E-state index contributed by atoms with van der Waals surface area (Å²) >= 11 is 0. The third-order valence-electron chi connectivity index (χ3n) is 2.61. The molecule has 0 saturated heterocycles. The maximum atomic E-state index is 11.1. The average molecular weight is 214 g/mol. The third-order valence-corrected chi connectivity index (χ3v) is 2.61. The van der Waals surface area contributed by atoms with Gasteiger partial charge in [0.25, 0.3) is 0 Å². The molecule has 2 atom stereocenters. The zero-order valence-corrected chi connectivity index (χ0v) is 9.17. The van der Waals surface area contributed by atoms with Gasteiger partial charge in [0.15, 0.2) is 0 Å². The van der Waals surface area contributed by atoms with E-state index in [4.69, 9.17) is 4.74 Å². The number of ether oxygens (including phenoxy) is 1. The second-order valence-corrected chi connectivity index (χ2v) is 3.72. The van der Waals surface area contributed by atoms with Crippen molar-refractivity contribution in [2.45, 2.75) is 18.9 Å². The summed E-state index contributed by atoms with van der Waals surface area (Å²) in [5, 5.41) is 0. The highest BCUT2D eigenvalue weighted by Gasteiger charge is 2.25. The highest BCUT2D eigenvalue weighted by molar-refractivity contribution is 5.84. The highest BCUT2D eigenvalue weighted by atomic mass is 16.5. The molecule has 0 aromatic heterocycles. The number of cyclic esters (lactones) is 1. The van der Waals surface area contributed by atoms with Crippen molar-refractivity contribution < 1.29 is 9.53 Å². The monoisotopic (exact) mass is 214 g/mol. The van der Waals surface area contributed by atoms with Gasteiger partial charge in [-0.1, -0.05) is 42.5 Å². The Morgan fingerprint density at radius 2 is 2.06 bits per heavy atom. The second-order valence-electron chi connectivity index (χ2n) is 3.72. The average Bonchev–Trinajstić information content (AvgIpc) is 2.74. The van der Waals surface area contributed by atoms with Crippen LogP contribution in [0.15, 0.2) is 54.6 Å². The Balaban J connectivity index is 2.25. The van der Waals surface area contributed by atoms with Gasteiger partial charge >= 0.3 is 5.97 Å². The van der Waals surface area contributed by atoms with Crippen molar-refractivity contribution in [2.75, 3.05) is 0 Å². The number of benzene rings is 1. The van der Waals surface area contributed by atoms with Gasteiger partial charge in [-0.05, 0) is 18.6 Å². The molecule has 1 aromatic rings. The summed E-state index contributed by atoms with van der Waals surface area (Å²) in [5.74, 6) is -0.149. The zero-order valence-electron chi connectivity index (χ0n) is 9.17. The molecule has 2 nitrogen and oxygen atoms in total. The lowest BCUT2D eigenvalue weighted by molar-refractivity contribution is -0.138. The van der Waals surface area contributed by atoms with Gasteiger partial charge in [0, 0.05) is 12.0 Å². The fourth-order valence-electron chi connectivity index (χ4n) is 1.87. The molecule has 2 rings (SSSR count). The molecule has 0 N–H and O–H groups in total. The Kier molecular flexibility index (Phi) is 3.20. The Hall–Kier alpha value is -1.83. The molecule has 1 aliphatic rings. The Morgan fingerprint density at radius 3 is 2.62 bits per heavy atom. The maximum absolute atomic E-state index is 11.1. The summed E-state index contributed by atoms with van der Waals surface area (Å²) in [5.41, 5.74) is 1.16. The maximum Gasteiger partial charge on any atom is 0.331 e. The van der Waals surface area contributed by atoms with Gasteiger partial charge < -0.3 is 4.74 Å². The van der Waals surface area contributed by atoms with E-state index in [9.17, 15) is 4.79 Å². The number of hydrogen-bond acceptors (Lipinski definition) is 2. The highest BCUT2D eigenvalue weighted by Crippen LogP contribution is 2.27. The van der Waals surface area contributed by atoms with E-state index in [2.05, 4.69) is 6.08 Å². The van der Waals surface area contributed by atoms with Gasteiger partial charge in [-0.25, -0.2) is 4.79 Å². The van der Waals surface area contributed by atoms with E-state index in [-0.39, 0.29) is 18.0 Å². The number of hydrogen-bond donors (Lipinski definition) is 0. The van der Waals surface area contributed by atoms with Crippen molar-refractivity contribution in [3.8, 4) is 0 Å². The Bertz CT molecular complexity index is 418. The fourth-order valence-corrected chi connectivity index (χ4v) is 1.87. The quantitative estimate of drug-likeness (QED) is 0.571. The first-order valence-corrected chi connectivity index (χ1v) is 5.38. The second kappa shape index (κ2) is 4.79. The summed E-state index contributed by atoms with van der Waals surface area (Å²) in [4.78, 5) is 11.1. The zero-order chi connectivity index (χ0) is 11.4. The lowest BCUT2D eigenvalue weighted by Gasteiger charge is -2.18. The van der Waals surface area contributed by atoms with E-state index < -0.39 is 0 Å². The van der Waals surface area contributed by atoms with E-state index >= 15 is 0 Å². The third kappa shape index (κ3) is 2.22. The normalized spacial score (nSPS) is 21.3. The Labute approximate surface area is 95.2 Å². The summed E-state index contributed by atoms with van der Waals surface area (Å²) in [6, 6.07) is 10.1. The summed E-state index contributed by atoms with van der Waals surface area (Å²) < 4.78 is 5.23. The molecule has 0 bridgehead atoms. The van der Waals surface area contributed by atoms with E-state index in [0.717, 1.165) is 5.56 Å². The molecule has 2 heteroatoms. The van der Waals surface area contributed by atoms with Gasteiger partial charge in [0.2, 0.25) is 0 Å². The molecular formula is C14H14O2. The summed E-state index contributed by atoms with van der Waals surface area (Å²) in [6.45, 7) is 1.97. The van der Waals surface area contributed by atoms with Crippen LogP contribution in [0.3, 0.4) is 0 Å². The first-order chi connectivity index (χ1) is 7.81. The van der Waals surface area contributed by atoms with Crippen molar-refractivity contribution in [1.29, 1.82) is 0 Å². The molecule has 82 valence electrons. The van der Waals surface area contributed by atoms with Crippen LogP contribution in [0.1, 0.15) is 18.4 Å². The van der Waals surface area contributed by atoms with Gasteiger partial charge in [-0.15, -0.1) is 0 Å². The number of carbonyl (C=O) groups excluding carboxylic acids is 1. The van der Waals surface area contributed by atoms with E-state index in [0.29, 0.717) is 0 Å². The van der Waals surface area contributed by atoms with Gasteiger partial charge in [-0.3, -0.25) is 0 Å². The fraction of sp³-hybridized carbons (Fsp3) is 0.214. The minimum Gasteiger partial charge on any atom is -0.454 e. The Morgan fingerprint density at radius 1 is 1.31 bits per heavy atom. The van der Waals surface area contributed by atoms with Crippen molar-refractivity contribution in [1.82, 2.24) is 0 Å². The molecule has 0 spiro atoms. The van der Waals surface area contributed by atoms with Crippen LogP contribution >= 0.6 is 0 Å². The van der Waals surface area contributed by atoms with Crippen LogP contribution in [0.25, 0.3) is 0 Å². The summed E-state index contributed by atoms with van der Waals surface area (Å²) in [7, 11) is 0. The number of allylic oxidation sites excluding steroid dienone is 1. The van der Waals surface area contributed by atoms with Crippen molar-refractivity contribution in [2.24, 2.45) is 0 Å². The first kappa shape index (κ1) is 10.7. The van der Waals surface area contributed by atoms with Gasteiger partial charge in [0.1, 0.15) is 6.10 Å². The number of esters is 1. The van der Waals surface area contributed by atoms with Gasteiger partial charge in [0.05, 0.1) is 0 Å². The van der Waals surface area contributed by atoms with Crippen molar-refractivity contribution in [3.63, 3.8) is 0 Å². The smallest absolute Gasteiger partial charge is 0.331 e. The van der Waals surface area contributed by atoms with Crippen molar-refractivity contribution in [3.05, 3.63) is 60.2 Å². The van der Waals surface area contributed by atoms with E-state index in [1.165, 1.54) is 6.08 Å². The van der Waals surface area contributed by atoms with Crippen LogP contribution in [-0.4, -0.2) is 12.1 Å². The molecule has 1 aliphatic heterocycles. The predicted octanol–water partition coefficient (Wildman–Crippen LogP) is 2.83. The molecule has 16 heavy (non-hydrogen) atoms. The molecule has 0 aliphatic carbocycles. The topological polar surface area (TPSA) is 26.3 Å². The predicted molar refractivity (Wildman–Crippen MR) is 63.0 cm³/mol. The first-order valence-electron chi connectivity index (χ1n) is 5.38. The van der Waals surface area contributed by atoms with E-state index in [1.54, 1.807) is 0 Å². The van der Waals surface area contributed by atoms with Crippen LogP contribution in [0.4, 0.5) is 0 Å². The lowest BCUT2D eigenvalue weighted by Crippen LogP contribution is -2.16. The standard InChI is InChI=1S/C14H14O2/c1-2-6-12(11-7-4-3-5-8-11)13-9-10-14(15)16-13/h2-10,12-13H,1H3/b6-2+. The lowest BCUT2D eigenvalue weighted by atomic mass is 9.93.